The maximum absolute atomic E-state index is 11.2. The molecular weight excluding hydrogens is 252 g/mol. The van der Waals surface area contributed by atoms with Crippen molar-refractivity contribution in [2.75, 3.05) is 0 Å². The predicted octanol–water partition coefficient (Wildman–Crippen LogP) is 4.01. The summed E-state index contributed by atoms with van der Waals surface area (Å²) in [7, 11) is 0. The summed E-state index contributed by atoms with van der Waals surface area (Å²) < 4.78 is 11.9. The maximum atomic E-state index is 11.2. The van der Waals surface area contributed by atoms with E-state index < -0.39 is 5.60 Å². The lowest BCUT2D eigenvalue weighted by Crippen LogP contribution is -2.56. The zero-order valence-corrected chi connectivity index (χ0v) is 13.5. The zero-order chi connectivity index (χ0) is 15.0. The Bertz CT molecular complexity index is 410. The predicted molar refractivity (Wildman–Crippen MR) is 79.5 cm³/mol. The Hall–Kier alpha value is -0.830. The molecule has 0 spiro atoms. The van der Waals surface area contributed by atoms with Crippen molar-refractivity contribution in [1.82, 2.24) is 0 Å². The normalized spacial score (nSPS) is 37.1. The summed E-state index contributed by atoms with van der Waals surface area (Å²) >= 11 is 0. The molecule has 3 unspecified atom stereocenters. The van der Waals surface area contributed by atoms with E-state index in [9.17, 15) is 4.79 Å². The zero-order valence-electron chi connectivity index (χ0n) is 13.5. The minimum atomic E-state index is -0.408. The minimum Gasteiger partial charge on any atom is -0.460 e. The quantitative estimate of drug-likeness (QED) is 0.566. The second-order valence-electron chi connectivity index (χ2n) is 7.18. The average molecular weight is 280 g/mol. The smallest absolute Gasteiger partial charge is 0.303 e. The van der Waals surface area contributed by atoms with Crippen LogP contribution >= 0.6 is 0 Å². The lowest BCUT2D eigenvalue weighted by molar-refractivity contribution is -0.241. The van der Waals surface area contributed by atoms with Gasteiger partial charge in [-0.3, -0.25) is 4.79 Å². The fourth-order valence-electron chi connectivity index (χ4n) is 3.69. The second kappa shape index (κ2) is 5.51. The van der Waals surface area contributed by atoms with Crippen LogP contribution in [0.3, 0.4) is 0 Å². The molecule has 3 atom stereocenters. The molecule has 3 nitrogen and oxygen atoms in total. The van der Waals surface area contributed by atoms with E-state index in [2.05, 4.69) is 19.9 Å². The van der Waals surface area contributed by atoms with Crippen molar-refractivity contribution in [3.8, 4) is 0 Å². The first kappa shape index (κ1) is 15.6. The highest BCUT2D eigenvalue weighted by molar-refractivity contribution is 5.66. The summed E-state index contributed by atoms with van der Waals surface area (Å²) in [5.74, 6) is 0.357. The fourth-order valence-corrected chi connectivity index (χ4v) is 3.69. The minimum absolute atomic E-state index is 0.0999. The first-order chi connectivity index (χ1) is 9.23. The van der Waals surface area contributed by atoms with Crippen molar-refractivity contribution in [3.63, 3.8) is 0 Å². The Labute approximate surface area is 122 Å². The number of esters is 1. The monoisotopic (exact) mass is 280 g/mol. The van der Waals surface area contributed by atoms with Crippen molar-refractivity contribution >= 4 is 5.97 Å². The van der Waals surface area contributed by atoms with E-state index in [1.165, 1.54) is 25.3 Å². The van der Waals surface area contributed by atoms with Gasteiger partial charge in [0.2, 0.25) is 0 Å². The van der Waals surface area contributed by atoms with E-state index in [0.29, 0.717) is 5.92 Å². The van der Waals surface area contributed by atoms with Gasteiger partial charge < -0.3 is 9.47 Å². The molecule has 1 saturated heterocycles. The Kier molecular flexibility index (Phi) is 4.29. The average Bonchev–Trinajstić information content (AvgIpc) is 2.32. The van der Waals surface area contributed by atoms with E-state index in [4.69, 9.17) is 9.47 Å². The molecular formula is C17H28O3. The molecule has 0 N–H and O–H groups in total. The van der Waals surface area contributed by atoms with E-state index in [1.807, 2.05) is 13.8 Å². The molecule has 1 heterocycles. The standard InChI is InChI=1S/C17H28O3/c1-12-6-8-14(9-7-12)17(5)11-10-15(19-13(2)18)16(3,4)20-17/h6,14-15H,7-11H2,1-5H3. The van der Waals surface area contributed by atoms with Gasteiger partial charge in [-0.15, -0.1) is 0 Å². The van der Waals surface area contributed by atoms with Gasteiger partial charge in [0.25, 0.3) is 0 Å². The van der Waals surface area contributed by atoms with Gasteiger partial charge in [0, 0.05) is 6.92 Å². The van der Waals surface area contributed by atoms with Gasteiger partial charge in [0.15, 0.2) is 0 Å². The van der Waals surface area contributed by atoms with Gasteiger partial charge in [-0.1, -0.05) is 11.6 Å². The highest BCUT2D eigenvalue weighted by Gasteiger charge is 2.48. The van der Waals surface area contributed by atoms with Gasteiger partial charge in [0.1, 0.15) is 11.7 Å². The van der Waals surface area contributed by atoms with E-state index in [1.54, 1.807) is 0 Å². The summed E-state index contributed by atoms with van der Waals surface area (Å²) in [6.45, 7) is 10.0. The lowest BCUT2D eigenvalue weighted by atomic mass is 9.73. The Morgan fingerprint density at radius 2 is 2.05 bits per heavy atom. The third-order valence-corrected chi connectivity index (χ3v) is 4.98. The largest absolute Gasteiger partial charge is 0.460 e. The molecule has 2 rings (SSSR count). The summed E-state index contributed by atoms with van der Waals surface area (Å²) in [6, 6.07) is 0. The molecule has 0 amide bonds. The van der Waals surface area contributed by atoms with Crippen LogP contribution in [0, 0.1) is 5.92 Å². The number of ether oxygens (including phenoxy) is 2. The highest BCUT2D eigenvalue weighted by atomic mass is 16.6. The number of allylic oxidation sites excluding steroid dienone is 2. The van der Waals surface area contributed by atoms with E-state index in [-0.39, 0.29) is 17.7 Å². The number of hydrogen-bond donors (Lipinski definition) is 0. The first-order valence-corrected chi connectivity index (χ1v) is 7.76. The van der Waals surface area contributed by atoms with Gasteiger partial charge in [-0.05, 0) is 65.7 Å². The number of rotatable bonds is 2. The van der Waals surface area contributed by atoms with Crippen molar-refractivity contribution in [1.29, 1.82) is 0 Å². The van der Waals surface area contributed by atoms with E-state index in [0.717, 1.165) is 19.3 Å². The Morgan fingerprint density at radius 1 is 1.35 bits per heavy atom. The molecule has 2 aliphatic rings. The molecule has 1 aliphatic heterocycles. The molecule has 20 heavy (non-hydrogen) atoms. The second-order valence-corrected chi connectivity index (χ2v) is 7.18. The molecule has 1 aliphatic carbocycles. The third kappa shape index (κ3) is 3.25. The van der Waals surface area contributed by atoms with Crippen LogP contribution in [-0.2, 0) is 14.3 Å². The molecule has 0 aromatic carbocycles. The lowest BCUT2D eigenvalue weighted by Gasteiger charge is -2.51. The van der Waals surface area contributed by atoms with Gasteiger partial charge in [-0.2, -0.15) is 0 Å². The topological polar surface area (TPSA) is 35.5 Å². The molecule has 0 saturated carbocycles. The molecule has 0 radical (unpaired) electrons. The summed E-state index contributed by atoms with van der Waals surface area (Å²) in [6.07, 6.45) is 7.57. The van der Waals surface area contributed by atoms with Gasteiger partial charge in [0.05, 0.1) is 5.60 Å². The van der Waals surface area contributed by atoms with Crippen LogP contribution in [0.5, 0.6) is 0 Å². The fraction of sp³-hybridized carbons (Fsp3) is 0.824. The van der Waals surface area contributed by atoms with Gasteiger partial charge in [-0.25, -0.2) is 0 Å². The van der Waals surface area contributed by atoms with Crippen LogP contribution in [0.4, 0.5) is 0 Å². The van der Waals surface area contributed by atoms with E-state index >= 15 is 0 Å². The number of carbonyl (C=O) groups excluding carboxylic acids is 1. The Balaban J connectivity index is 2.07. The summed E-state index contributed by atoms with van der Waals surface area (Å²) in [5.41, 5.74) is 0.990. The maximum Gasteiger partial charge on any atom is 0.303 e. The van der Waals surface area contributed by atoms with Crippen LogP contribution in [-0.4, -0.2) is 23.3 Å². The third-order valence-electron chi connectivity index (χ3n) is 4.98. The van der Waals surface area contributed by atoms with Crippen LogP contribution in [0.25, 0.3) is 0 Å². The van der Waals surface area contributed by atoms with Crippen molar-refractivity contribution < 1.29 is 14.3 Å². The van der Waals surface area contributed by atoms with Crippen LogP contribution in [0.2, 0.25) is 0 Å². The number of carbonyl (C=O) groups is 1. The Morgan fingerprint density at radius 3 is 2.55 bits per heavy atom. The number of hydrogen-bond acceptors (Lipinski definition) is 3. The molecule has 0 aromatic heterocycles. The molecule has 1 fully saturated rings. The SMILES string of the molecule is CC(=O)OC1CCC(C)(C2CC=C(C)CC2)OC1(C)C. The highest BCUT2D eigenvalue weighted by Crippen LogP contribution is 2.45. The van der Waals surface area contributed by atoms with Gasteiger partial charge >= 0.3 is 5.97 Å². The van der Waals surface area contributed by atoms with Crippen molar-refractivity contribution in [2.45, 2.75) is 84.0 Å². The molecule has 114 valence electrons. The van der Waals surface area contributed by atoms with Crippen LogP contribution < -0.4 is 0 Å². The summed E-state index contributed by atoms with van der Waals surface area (Å²) in [4.78, 5) is 11.2. The summed E-state index contributed by atoms with van der Waals surface area (Å²) in [5, 5.41) is 0. The van der Waals surface area contributed by atoms with Crippen LogP contribution in [0.1, 0.15) is 66.7 Å². The van der Waals surface area contributed by atoms with Crippen LogP contribution in [0.15, 0.2) is 11.6 Å². The molecule has 0 aromatic rings. The van der Waals surface area contributed by atoms with Crippen molar-refractivity contribution in [2.24, 2.45) is 5.92 Å². The van der Waals surface area contributed by atoms with Crippen molar-refractivity contribution in [3.05, 3.63) is 11.6 Å². The molecule has 0 bridgehead atoms. The molecule has 3 heteroatoms. The first-order valence-electron chi connectivity index (χ1n) is 7.76.